The Labute approximate surface area is 85.6 Å². The molecule has 2 rings (SSSR count). The summed E-state index contributed by atoms with van der Waals surface area (Å²) in [5.41, 5.74) is 6.02. The SMILES string of the molecule is NC1(CO)CCOCC12CCCCC2. The molecule has 2 fully saturated rings. The van der Waals surface area contributed by atoms with E-state index in [0.717, 1.165) is 25.9 Å². The first kappa shape index (κ1) is 10.4. The van der Waals surface area contributed by atoms with Crippen LogP contribution < -0.4 is 5.73 Å². The van der Waals surface area contributed by atoms with Crippen LogP contribution in [0.5, 0.6) is 0 Å². The van der Waals surface area contributed by atoms with Gasteiger partial charge in [0.1, 0.15) is 0 Å². The summed E-state index contributed by atoms with van der Waals surface area (Å²) in [7, 11) is 0. The molecule has 0 aromatic carbocycles. The third kappa shape index (κ3) is 1.47. The molecule has 1 unspecified atom stereocenters. The average molecular weight is 199 g/mol. The topological polar surface area (TPSA) is 55.5 Å². The van der Waals surface area contributed by atoms with E-state index in [2.05, 4.69) is 0 Å². The van der Waals surface area contributed by atoms with E-state index in [1.54, 1.807) is 0 Å². The minimum atomic E-state index is -0.383. The van der Waals surface area contributed by atoms with Crippen LogP contribution in [0.3, 0.4) is 0 Å². The van der Waals surface area contributed by atoms with Crippen molar-refractivity contribution in [1.82, 2.24) is 0 Å². The van der Waals surface area contributed by atoms with Crippen LogP contribution in [0.15, 0.2) is 0 Å². The molecular formula is C11H21NO2. The molecule has 0 bridgehead atoms. The van der Waals surface area contributed by atoms with Crippen molar-refractivity contribution >= 4 is 0 Å². The van der Waals surface area contributed by atoms with Gasteiger partial charge < -0.3 is 15.6 Å². The smallest absolute Gasteiger partial charge is 0.0618 e. The predicted octanol–water partition coefficient (Wildman–Crippen LogP) is 1.05. The fourth-order valence-electron chi connectivity index (χ4n) is 3.05. The van der Waals surface area contributed by atoms with Crippen molar-refractivity contribution in [2.24, 2.45) is 11.1 Å². The molecule has 0 amide bonds. The Morgan fingerprint density at radius 3 is 2.50 bits per heavy atom. The average Bonchev–Trinajstić information content (AvgIpc) is 2.24. The van der Waals surface area contributed by atoms with Crippen LogP contribution >= 0.6 is 0 Å². The lowest BCUT2D eigenvalue weighted by Crippen LogP contribution is -2.63. The molecule has 1 aliphatic heterocycles. The number of aliphatic hydroxyl groups excluding tert-OH is 1. The molecule has 1 heterocycles. The van der Waals surface area contributed by atoms with Crippen LogP contribution in [0.1, 0.15) is 38.5 Å². The van der Waals surface area contributed by atoms with E-state index in [0.29, 0.717) is 6.61 Å². The summed E-state index contributed by atoms with van der Waals surface area (Å²) < 4.78 is 5.57. The summed E-state index contributed by atoms with van der Waals surface area (Å²) in [6.07, 6.45) is 6.85. The van der Waals surface area contributed by atoms with Gasteiger partial charge in [-0.25, -0.2) is 0 Å². The zero-order chi connectivity index (χ0) is 10.1. The van der Waals surface area contributed by atoms with Gasteiger partial charge in [-0.15, -0.1) is 0 Å². The zero-order valence-electron chi connectivity index (χ0n) is 8.80. The quantitative estimate of drug-likeness (QED) is 0.663. The highest BCUT2D eigenvalue weighted by Gasteiger charge is 2.50. The van der Waals surface area contributed by atoms with Crippen molar-refractivity contribution in [3.05, 3.63) is 0 Å². The number of hydrogen-bond acceptors (Lipinski definition) is 3. The molecule has 1 saturated heterocycles. The maximum absolute atomic E-state index is 9.49. The van der Waals surface area contributed by atoms with Gasteiger partial charge in [0.05, 0.1) is 13.2 Å². The number of ether oxygens (including phenoxy) is 1. The summed E-state index contributed by atoms with van der Waals surface area (Å²) in [6, 6.07) is 0. The Morgan fingerprint density at radius 2 is 1.86 bits per heavy atom. The van der Waals surface area contributed by atoms with Crippen molar-refractivity contribution in [3.63, 3.8) is 0 Å². The summed E-state index contributed by atoms with van der Waals surface area (Å²) in [5, 5.41) is 9.49. The first-order chi connectivity index (χ1) is 6.72. The second kappa shape index (κ2) is 3.80. The molecule has 82 valence electrons. The Kier molecular flexibility index (Phi) is 2.82. The molecule has 1 spiro atoms. The van der Waals surface area contributed by atoms with Gasteiger partial charge in [0, 0.05) is 17.6 Å². The molecule has 3 N–H and O–H groups in total. The van der Waals surface area contributed by atoms with Crippen LogP contribution in [0.25, 0.3) is 0 Å². The summed E-state index contributed by atoms with van der Waals surface area (Å²) in [5.74, 6) is 0. The number of rotatable bonds is 1. The van der Waals surface area contributed by atoms with Crippen LogP contribution in [0, 0.1) is 5.41 Å². The summed E-state index contributed by atoms with van der Waals surface area (Å²) in [4.78, 5) is 0. The zero-order valence-corrected chi connectivity index (χ0v) is 8.80. The predicted molar refractivity (Wildman–Crippen MR) is 55.0 cm³/mol. The van der Waals surface area contributed by atoms with Gasteiger partial charge >= 0.3 is 0 Å². The van der Waals surface area contributed by atoms with Gasteiger partial charge in [0.15, 0.2) is 0 Å². The maximum atomic E-state index is 9.49. The molecule has 3 heteroatoms. The first-order valence-corrected chi connectivity index (χ1v) is 5.70. The second-order valence-electron chi connectivity index (χ2n) is 4.96. The van der Waals surface area contributed by atoms with Crippen molar-refractivity contribution < 1.29 is 9.84 Å². The largest absolute Gasteiger partial charge is 0.394 e. The molecule has 2 aliphatic rings. The molecular weight excluding hydrogens is 178 g/mol. The minimum absolute atomic E-state index is 0.0677. The lowest BCUT2D eigenvalue weighted by atomic mass is 9.60. The minimum Gasteiger partial charge on any atom is -0.394 e. The Balaban J connectivity index is 2.19. The highest BCUT2D eigenvalue weighted by atomic mass is 16.5. The standard InChI is InChI=1S/C11H21NO2/c12-11(8-13)6-7-14-9-10(11)4-2-1-3-5-10/h13H,1-9,12H2. The maximum Gasteiger partial charge on any atom is 0.0618 e. The van der Waals surface area contributed by atoms with Crippen molar-refractivity contribution in [2.75, 3.05) is 19.8 Å². The van der Waals surface area contributed by atoms with Gasteiger partial charge in [0.25, 0.3) is 0 Å². The highest BCUT2D eigenvalue weighted by molar-refractivity contribution is 5.05. The second-order valence-corrected chi connectivity index (χ2v) is 4.96. The van der Waals surface area contributed by atoms with E-state index in [1.165, 1.54) is 19.3 Å². The van der Waals surface area contributed by atoms with Gasteiger partial charge in [-0.3, -0.25) is 0 Å². The first-order valence-electron chi connectivity index (χ1n) is 5.70. The van der Waals surface area contributed by atoms with E-state index in [-0.39, 0.29) is 17.6 Å². The third-order valence-corrected chi connectivity index (χ3v) is 4.22. The third-order valence-electron chi connectivity index (χ3n) is 4.22. The van der Waals surface area contributed by atoms with E-state index < -0.39 is 0 Å². The Morgan fingerprint density at radius 1 is 1.14 bits per heavy atom. The molecule has 14 heavy (non-hydrogen) atoms. The highest BCUT2D eigenvalue weighted by Crippen LogP contribution is 2.47. The molecule has 1 saturated carbocycles. The van der Waals surface area contributed by atoms with E-state index in [4.69, 9.17) is 10.5 Å². The molecule has 1 atom stereocenters. The van der Waals surface area contributed by atoms with Crippen molar-refractivity contribution in [2.45, 2.75) is 44.1 Å². The van der Waals surface area contributed by atoms with Crippen LogP contribution in [-0.4, -0.2) is 30.5 Å². The summed E-state index contributed by atoms with van der Waals surface area (Å²) >= 11 is 0. The number of aliphatic hydroxyl groups is 1. The van der Waals surface area contributed by atoms with Gasteiger partial charge in [-0.1, -0.05) is 19.3 Å². The van der Waals surface area contributed by atoms with E-state index in [9.17, 15) is 5.11 Å². The monoisotopic (exact) mass is 199 g/mol. The van der Waals surface area contributed by atoms with Gasteiger partial charge in [0.2, 0.25) is 0 Å². The Hall–Kier alpha value is -0.120. The van der Waals surface area contributed by atoms with E-state index in [1.807, 2.05) is 0 Å². The fourth-order valence-corrected chi connectivity index (χ4v) is 3.05. The number of nitrogens with two attached hydrogens (primary N) is 1. The molecule has 1 aliphatic carbocycles. The lowest BCUT2D eigenvalue weighted by molar-refractivity contribution is -0.103. The Bertz CT molecular complexity index is 193. The fraction of sp³-hybridized carbons (Fsp3) is 1.00. The van der Waals surface area contributed by atoms with Crippen LogP contribution in [-0.2, 0) is 4.74 Å². The van der Waals surface area contributed by atoms with Crippen molar-refractivity contribution in [3.8, 4) is 0 Å². The van der Waals surface area contributed by atoms with Gasteiger partial charge in [-0.05, 0) is 19.3 Å². The molecule has 0 aromatic rings. The van der Waals surface area contributed by atoms with Crippen molar-refractivity contribution in [1.29, 1.82) is 0 Å². The normalized spacial score (nSPS) is 37.3. The van der Waals surface area contributed by atoms with Crippen LogP contribution in [0.2, 0.25) is 0 Å². The molecule has 3 nitrogen and oxygen atoms in total. The number of hydrogen-bond donors (Lipinski definition) is 2. The van der Waals surface area contributed by atoms with Gasteiger partial charge in [-0.2, -0.15) is 0 Å². The van der Waals surface area contributed by atoms with E-state index >= 15 is 0 Å². The molecule has 0 aromatic heterocycles. The lowest BCUT2D eigenvalue weighted by Gasteiger charge is -2.52. The molecule has 0 radical (unpaired) electrons. The van der Waals surface area contributed by atoms with Crippen LogP contribution in [0.4, 0.5) is 0 Å². The summed E-state index contributed by atoms with van der Waals surface area (Å²) in [6.45, 7) is 1.57.